The second-order valence-corrected chi connectivity index (χ2v) is 5.19. The van der Waals surface area contributed by atoms with E-state index in [4.69, 9.17) is 4.42 Å². The van der Waals surface area contributed by atoms with Crippen molar-refractivity contribution >= 4 is 58.3 Å². The molecule has 0 spiro atoms. The molecule has 79 valence electrons. The third-order valence-electron chi connectivity index (χ3n) is 2.52. The number of rotatable bonds is 0. The number of fused-ring (bicyclic) bond motifs is 3. The van der Waals surface area contributed by atoms with Gasteiger partial charge >= 0.3 is 108 Å². The standard InChI is InChI=1S/C12H5BrFOSe/c13-10-9(16)5-7-6-3-1-2-4-8(6)15-12(7)11(10)14/h1-5H. The summed E-state index contributed by atoms with van der Waals surface area (Å²) in [5.74, 6) is -0.359. The molecule has 0 aliphatic rings. The second-order valence-electron chi connectivity index (χ2n) is 3.48. The number of benzene rings is 2. The molecule has 0 unspecified atom stereocenters. The van der Waals surface area contributed by atoms with E-state index in [-0.39, 0.29) is 5.82 Å². The van der Waals surface area contributed by atoms with Crippen LogP contribution in [0.15, 0.2) is 39.2 Å². The zero-order chi connectivity index (χ0) is 11.3. The maximum absolute atomic E-state index is 13.9. The molecule has 0 bridgehead atoms. The van der Waals surface area contributed by atoms with Gasteiger partial charge in [0.15, 0.2) is 0 Å². The van der Waals surface area contributed by atoms with Gasteiger partial charge in [-0.15, -0.1) is 0 Å². The Labute approximate surface area is 108 Å². The molecule has 2 aromatic carbocycles. The van der Waals surface area contributed by atoms with E-state index in [9.17, 15) is 4.39 Å². The molecule has 0 atom stereocenters. The van der Waals surface area contributed by atoms with Gasteiger partial charge in [0.25, 0.3) is 0 Å². The van der Waals surface area contributed by atoms with Crippen LogP contribution in [0.3, 0.4) is 0 Å². The van der Waals surface area contributed by atoms with Crippen LogP contribution in [-0.4, -0.2) is 16.0 Å². The summed E-state index contributed by atoms with van der Waals surface area (Å²) >= 11 is 6.02. The molecule has 0 aliphatic heterocycles. The van der Waals surface area contributed by atoms with Crippen molar-refractivity contribution in [3.63, 3.8) is 0 Å². The van der Waals surface area contributed by atoms with Crippen LogP contribution in [0.1, 0.15) is 0 Å². The van der Waals surface area contributed by atoms with Crippen LogP contribution < -0.4 is 4.46 Å². The molecule has 1 nitrogen and oxygen atoms in total. The van der Waals surface area contributed by atoms with Crippen LogP contribution in [0.5, 0.6) is 0 Å². The first-order valence-electron chi connectivity index (χ1n) is 4.65. The zero-order valence-corrected chi connectivity index (χ0v) is 11.3. The van der Waals surface area contributed by atoms with Gasteiger partial charge in [-0.1, -0.05) is 0 Å². The van der Waals surface area contributed by atoms with E-state index in [1.165, 1.54) is 0 Å². The Morgan fingerprint density at radius 2 is 1.94 bits per heavy atom. The quantitative estimate of drug-likeness (QED) is 0.571. The van der Waals surface area contributed by atoms with Crippen LogP contribution in [0.25, 0.3) is 21.9 Å². The zero-order valence-electron chi connectivity index (χ0n) is 7.96. The Bertz CT molecular complexity index is 705. The first kappa shape index (κ1) is 10.3. The van der Waals surface area contributed by atoms with Crippen molar-refractivity contribution in [2.45, 2.75) is 0 Å². The molecule has 0 saturated carbocycles. The molecule has 1 aromatic heterocycles. The van der Waals surface area contributed by atoms with E-state index in [0.29, 0.717) is 15.6 Å². The molecule has 3 rings (SSSR count). The predicted octanol–water partition coefficient (Wildman–Crippen LogP) is 3.28. The molecule has 16 heavy (non-hydrogen) atoms. The SMILES string of the molecule is Fc1c(Br)c([Se])cc2c1oc1ccccc12. The van der Waals surface area contributed by atoms with E-state index < -0.39 is 0 Å². The van der Waals surface area contributed by atoms with Crippen LogP contribution in [0.4, 0.5) is 4.39 Å². The van der Waals surface area contributed by atoms with Gasteiger partial charge in [-0.3, -0.25) is 0 Å². The molecular formula is C12H5BrFOSe. The molecule has 0 aliphatic carbocycles. The monoisotopic (exact) mass is 343 g/mol. The van der Waals surface area contributed by atoms with Gasteiger partial charge in [-0.25, -0.2) is 0 Å². The van der Waals surface area contributed by atoms with Gasteiger partial charge in [0.1, 0.15) is 0 Å². The van der Waals surface area contributed by atoms with Crippen LogP contribution in [0.2, 0.25) is 0 Å². The van der Waals surface area contributed by atoms with Crippen molar-refractivity contribution in [2.24, 2.45) is 0 Å². The molecule has 0 saturated heterocycles. The summed E-state index contributed by atoms with van der Waals surface area (Å²) in [6.45, 7) is 0. The normalized spacial score (nSPS) is 11.4. The van der Waals surface area contributed by atoms with Gasteiger partial charge in [-0.05, 0) is 0 Å². The van der Waals surface area contributed by atoms with Crippen molar-refractivity contribution in [1.82, 2.24) is 0 Å². The first-order valence-corrected chi connectivity index (χ1v) is 6.29. The van der Waals surface area contributed by atoms with Gasteiger partial charge in [0.2, 0.25) is 0 Å². The molecule has 3 aromatic rings. The molecule has 0 N–H and O–H groups in total. The van der Waals surface area contributed by atoms with Crippen LogP contribution >= 0.6 is 15.9 Å². The molecule has 1 radical (unpaired) electrons. The van der Waals surface area contributed by atoms with Gasteiger partial charge in [-0.2, -0.15) is 0 Å². The van der Waals surface area contributed by atoms with Gasteiger partial charge < -0.3 is 0 Å². The summed E-state index contributed by atoms with van der Waals surface area (Å²) in [7, 11) is 0. The second kappa shape index (κ2) is 3.59. The predicted molar refractivity (Wildman–Crippen MR) is 66.8 cm³/mol. The Morgan fingerprint density at radius 3 is 2.75 bits per heavy atom. The summed E-state index contributed by atoms with van der Waals surface area (Å²) in [4.78, 5) is 0. The number of furan rings is 1. The summed E-state index contributed by atoms with van der Waals surface area (Å²) in [5, 5.41) is 1.73. The fraction of sp³-hybridized carbons (Fsp3) is 0. The summed E-state index contributed by atoms with van der Waals surface area (Å²) < 4.78 is 20.6. The molecule has 0 fully saturated rings. The summed E-state index contributed by atoms with van der Waals surface area (Å²) in [6, 6.07) is 9.43. The Morgan fingerprint density at radius 1 is 1.19 bits per heavy atom. The minimum absolute atomic E-state index is 0.298. The average molecular weight is 343 g/mol. The third kappa shape index (κ3) is 1.34. The van der Waals surface area contributed by atoms with E-state index >= 15 is 0 Å². The average Bonchev–Trinajstić information content (AvgIpc) is 2.65. The maximum atomic E-state index is 13.9. The molecule has 1 heterocycles. The molecular weight excluding hydrogens is 338 g/mol. The van der Waals surface area contributed by atoms with Crippen molar-refractivity contribution in [2.75, 3.05) is 0 Å². The number of halogens is 2. The number of para-hydroxylation sites is 1. The van der Waals surface area contributed by atoms with E-state index in [1.54, 1.807) is 0 Å². The number of hydrogen-bond donors (Lipinski definition) is 0. The topological polar surface area (TPSA) is 13.1 Å². The van der Waals surface area contributed by atoms with Crippen molar-refractivity contribution in [1.29, 1.82) is 0 Å². The first-order chi connectivity index (χ1) is 7.68. The van der Waals surface area contributed by atoms with Crippen LogP contribution in [-0.2, 0) is 0 Å². The summed E-state index contributed by atoms with van der Waals surface area (Å²) in [5.41, 5.74) is 1.00. The number of hydrogen-bond acceptors (Lipinski definition) is 1. The molecule has 4 heteroatoms. The molecule has 0 amide bonds. The fourth-order valence-corrected chi connectivity index (χ4v) is 2.50. The minimum atomic E-state index is -0.359. The van der Waals surface area contributed by atoms with Crippen molar-refractivity contribution in [3.05, 3.63) is 40.6 Å². The van der Waals surface area contributed by atoms with E-state index in [0.717, 1.165) is 15.2 Å². The van der Waals surface area contributed by atoms with Gasteiger partial charge in [0.05, 0.1) is 0 Å². The van der Waals surface area contributed by atoms with Crippen molar-refractivity contribution in [3.8, 4) is 0 Å². The van der Waals surface area contributed by atoms with E-state index in [2.05, 4.69) is 31.9 Å². The Balaban J connectivity index is 2.60. The Hall–Kier alpha value is -0.831. The third-order valence-corrected chi connectivity index (χ3v) is 4.56. The van der Waals surface area contributed by atoms with Gasteiger partial charge in [0, 0.05) is 0 Å². The van der Waals surface area contributed by atoms with Crippen LogP contribution in [0, 0.1) is 5.82 Å². The summed E-state index contributed by atoms with van der Waals surface area (Å²) in [6.07, 6.45) is 0. The van der Waals surface area contributed by atoms with Crippen molar-refractivity contribution < 1.29 is 8.81 Å². The Kier molecular flexibility index (Phi) is 2.32. The van der Waals surface area contributed by atoms with E-state index in [1.807, 2.05) is 30.3 Å². The fourth-order valence-electron chi connectivity index (χ4n) is 1.77.